The Bertz CT molecular complexity index is 2080. The van der Waals surface area contributed by atoms with Crippen LogP contribution in [0.1, 0.15) is 33.0 Å². The van der Waals surface area contributed by atoms with E-state index in [9.17, 15) is 9.59 Å². The van der Waals surface area contributed by atoms with E-state index in [4.69, 9.17) is 38.4 Å². The van der Waals surface area contributed by atoms with Gasteiger partial charge < -0.3 is 33.7 Å². The van der Waals surface area contributed by atoms with Gasteiger partial charge in [-0.05, 0) is 83.8 Å². The Morgan fingerprint density at radius 3 is 2.41 bits per heavy atom. The predicted molar refractivity (Wildman–Crippen MR) is 167 cm³/mol. The number of hydrogen-bond acceptors (Lipinski definition) is 10. The first kappa shape index (κ1) is 27.9. The zero-order valence-corrected chi connectivity index (χ0v) is 25.3. The molecule has 0 saturated carbocycles. The Hall–Kier alpha value is -5.58. The van der Waals surface area contributed by atoms with E-state index in [2.05, 4.69) is 5.32 Å². The number of benzene rings is 4. The highest BCUT2D eigenvalue weighted by Crippen LogP contribution is 2.51. The van der Waals surface area contributed by atoms with E-state index in [0.717, 1.165) is 23.1 Å². The van der Waals surface area contributed by atoms with Crippen molar-refractivity contribution >= 4 is 39.6 Å². The Kier molecular flexibility index (Phi) is 6.55. The number of fused-ring (bicyclic) bond motifs is 5. The fourth-order valence-corrected chi connectivity index (χ4v) is 6.87. The molecule has 8 rings (SSSR count). The van der Waals surface area contributed by atoms with Crippen LogP contribution in [0.2, 0.25) is 0 Å². The molecule has 0 spiro atoms. The number of ether oxygens (including phenoxy) is 6. The lowest BCUT2D eigenvalue weighted by Gasteiger charge is -2.33. The van der Waals surface area contributed by atoms with E-state index < -0.39 is 0 Å². The van der Waals surface area contributed by atoms with Gasteiger partial charge in [-0.3, -0.25) is 9.59 Å². The van der Waals surface area contributed by atoms with E-state index in [0.29, 0.717) is 68.7 Å². The lowest BCUT2D eigenvalue weighted by Crippen LogP contribution is -2.31. The first-order chi connectivity index (χ1) is 22.4. The number of rotatable bonds is 6. The van der Waals surface area contributed by atoms with E-state index in [-0.39, 0.29) is 36.4 Å². The summed E-state index contributed by atoms with van der Waals surface area (Å²) in [7, 11) is 4.65. The molecule has 46 heavy (non-hydrogen) atoms. The van der Waals surface area contributed by atoms with Gasteiger partial charge in [-0.25, -0.2) is 9.97 Å². The lowest BCUT2D eigenvalue weighted by molar-refractivity contribution is -0.141. The van der Waals surface area contributed by atoms with Crippen molar-refractivity contribution in [2.24, 2.45) is 11.8 Å². The van der Waals surface area contributed by atoms with Crippen LogP contribution in [-0.2, 0) is 16.0 Å². The fourth-order valence-electron chi connectivity index (χ4n) is 6.87. The van der Waals surface area contributed by atoms with Crippen molar-refractivity contribution in [3.05, 3.63) is 82.9 Å². The first-order valence-electron chi connectivity index (χ1n) is 14.9. The van der Waals surface area contributed by atoms with Gasteiger partial charge in [0.25, 0.3) is 5.91 Å². The van der Waals surface area contributed by atoms with E-state index in [1.165, 1.54) is 7.11 Å². The fraction of sp³-hybridized carbons (Fsp3) is 0.257. The Labute approximate surface area is 263 Å². The third-order valence-electron chi connectivity index (χ3n) is 9.04. The molecule has 11 heteroatoms. The van der Waals surface area contributed by atoms with Crippen molar-refractivity contribution in [2.45, 2.75) is 12.3 Å². The highest BCUT2D eigenvalue weighted by atomic mass is 16.7. The van der Waals surface area contributed by atoms with Crippen LogP contribution in [0.25, 0.3) is 22.1 Å². The molecule has 1 N–H and O–H groups in total. The number of carbonyl (C=O) groups excluding carboxylic acids is 2. The lowest BCUT2D eigenvalue weighted by atomic mass is 9.67. The molecule has 1 amide bonds. The third kappa shape index (κ3) is 4.49. The highest BCUT2D eigenvalue weighted by molar-refractivity contribution is 6.05. The van der Waals surface area contributed by atoms with Crippen LogP contribution < -0.4 is 29.0 Å². The van der Waals surface area contributed by atoms with Gasteiger partial charge >= 0.3 is 5.97 Å². The summed E-state index contributed by atoms with van der Waals surface area (Å²) in [6.45, 7) is 0.555. The van der Waals surface area contributed by atoms with Crippen molar-refractivity contribution in [3.63, 3.8) is 0 Å². The average Bonchev–Trinajstić information content (AvgIpc) is 3.69. The summed E-state index contributed by atoms with van der Waals surface area (Å²) in [5.74, 6) is 1.80. The minimum absolute atomic E-state index is 0.0439. The first-order valence-corrected chi connectivity index (χ1v) is 14.9. The van der Waals surface area contributed by atoms with Gasteiger partial charge in [0.1, 0.15) is 11.3 Å². The summed E-state index contributed by atoms with van der Waals surface area (Å²) in [5, 5.41) is 2.92. The SMILES string of the molecule is COc1ccc(C(=O)Nc2ccc3nc4cc([C@@H]5c6cc7c(cc6C[C@H]6COC(=O)[C@@H]65)OCO7)cc(OC)c4nc3c2)cc1OC. The van der Waals surface area contributed by atoms with E-state index in [1.807, 2.05) is 30.3 Å². The van der Waals surface area contributed by atoms with Gasteiger partial charge in [-0.2, -0.15) is 0 Å². The number of aromatic nitrogens is 2. The normalized spacial score (nSPS) is 19.4. The quantitative estimate of drug-likeness (QED) is 0.198. The number of hydrogen-bond donors (Lipinski definition) is 1. The number of nitrogens with one attached hydrogen (secondary N) is 1. The van der Waals surface area contributed by atoms with Crippen LogP contribution in [-0.4, -0.2) is 56.6 Å². The largest absolute Gasteiger partial charge is 0.494 e. The molecular weight excluding hydrogens is 590 g/mol. The second-order valence-electron chi connectivity index (χ2n) is 11.5. The number of esters is 1. The van der Waals surface area contributed by atoms with Crippen LogP contribution in [0.3, 0.4) is 0 Å². The van der Waals surface area contributed by atoms with Gasteiger partial charge in [-0.1, -0.05) is 0 Å². The average molecular weight is 620 g/mol. The second kappa shape index (κ2) is 10.8. The van der Waals surface area contributed by atoms with Gasteiger partial charge in [0.2, 0.25) is 6.79 Å². The van der Waals surface area contributed by atoms with Gasteiger partial charge in [0.15, 0.2) is 23.0 Å². The third-order valence-corrected chi connectivity index (χ3v) is 9.04. The molecule has 3 atom stereocenters. The monoisotopic (exact) mass is 619 g/mol. The maximum Gasteiger partial charge on any atom is 0.310 e. The van der Waals surface area contributed by atoms with Crippen LogP contribution in [0.5, 0.6) is 28.7 Å². The molecule has 0 radical (unpaired) electrons. The van der Waals surface area contributed by atoms with Crippen molar-refractivity contribution in [3.8, 4) is 28.7 Å². The molecule has 0 bridgehead atoms. The Morgan fingerprint density at radius 2 is 1.61 bits per heavy atom. The van der Waals surface area contributed by atoms with E-state index in [1.54, 1.807) is 44.6 Å². The van der Waals surface area contributed by atoms with Crippen molar-refractivity contribution in [1.29, 1.82) is 0 Å². The van der Waals surface area contributed by atoms with Crippen LogP contribution in [0.4, 0.5) is 5.69 Å². The number of nitrogens with zero attached hydrogens (tertiary/aromatic N) is 2. The molecule has 1 aliphatic carbocycles. The summed E-state index contributed by atoms with van der Waals surface area (Å²) < 4.78 is 33.4. The van der Waals surface area contributed by atoms with Gasteiger partial charge in [0.05, 0.1) is 50.4 Å². The van der Waals surface area contributed by atoms with Crippen LogP contribution >= 0.6 is 0 Å². The molecule has 4 aromatic carbocycles. The number of anilines is 1. The minimum atomic E-state index is -0.347. The van der Waals surface area contributed by atoms with E-state index >= 15 is 0 Å². The molecule has 3 heterocycles. The standard InChI is InChI=1S/C35H29N3O8/c1-41-26-7-4-17(10-27(26)42-2)34(39)36-21-5-6-23-24(13-21)38-33-25(37-23)9-19(12-30(33)43-3)31-22-14-29-28(45-16-46-29)11-18(22)8-20-15-44-35(40)32(20)31/h4-7,9-14,20,31-32H,8,15-16H2,1-3H3,(H,36,39)/t20-,31+,32-/m0/s1. The molecular formula is C35H29N3O8. The molecule has 3 aliphatic rings. The number of amides is 1. The molecule has 1 aromatic heterocycles. The molecule has 0 unspecified atom stereocenters. The smallest absolute Gasteiger partial charge is 0.310 e. The van der Waals surface area contributed by atoms with Crippen molar-refractivity contribution in [1.82, 2.24) is 9.97 Å². The zero-order valence-electron chi connectivity index (χ0n) is 25.3. The maximum atomic E-state index is 13.1. The summed E-state index contributed by atoms with van der Waals surface area (Å²) in [5.41, 5.74) is 6.38. The number of carbonyl (C=O) groups is 2. The number of cyclic esters (lactones) is 1. The van der Waals surface area contributed by atoms with Crippen LogP contribution in [0, 0.1) is 11.8 Å². The Balaban J connectivity index is 1.18. The topological polar surface area (TPSA) is 127 Å². The second-order valence-corrected chi connectivity index (χ2v) is 11.5. The summed E-state index contributed by atoms with van der Waals surface area (Å²) in [6, 6.07) is 18.3. The van der Waals surface area contributed by atoms with Crippen molar-refractivity contribution in [2.75, 3.05) is 40.0 Å². The summed E-state index contributed by atoms with van der Waals surface area (Å²) in [6.07, 6.45) is 0.721. The minimum Gasteiger partial charge on any atom is -0.494 e. The summed E-state index contributed by atoms with van der Waals surface area (Å²) in [4.78, 5) is 36.0. The van der Waals surface area contributed by atoms with Crippen LogP contribution in [0.15, 0.2) is 60.7 Å². The Morgan fingerprint density at radius 1 is 0.804 bits per heavy atom. The summed E-state index contributed by atoms with van der Waals surface area (Å²) >= 11 is 0. The highest BCUT2D eigenvalue weighted by Gasteiger charge is 2.48. The maximum absolute atomic E-state index is 13.1. The zero-order chi connectivity index (χ0) is 31.5. The molecule has 11 nitrogen and oxygen atoms in total. The molecule has 5 aromatic rings. The molecule has 1 fully saturated rings. The molecule has 1 saturated heterocycles. The molecule has 232 valence electrons. The molecule has 2 aliphatic heterocycles. The van der Waals surface area contributed by atoms with Gasteiger partial charge in [0, 0.05) is 23.1 Å². The van der Waals surface area contributed by atoms with Gasteiger partial charge in [-0.15, -0.1) is 0 Å². The predicted octanol–water partition coefficient (Wildman–Crippen LogP) is 5.27. The number of methoxy groups -OCH3 is 3. The van der Waals surface area contributed by atoms with Crippen molar-refractivity contribution < 1.29 is 38.0 Å².